The van der Waals surface area contributed by atoms with Crippen molar-refractivity contribution in [2.24, 2.45) is 5.92 Å². The van der Waals surface area contributed by atoms with Gasteiger partial charge in [0.15, 0.2) is 0 Å². The molecule has 0 aromatic heterocycles. The SMILES string of the molecule is CN1CC=C(CCC2CCN(C)CC2)CC1. The van der Waals surface area contributed by atoms with Crippen LogP contribution in [0.3, 0.4) is 0 Å². The van der Waals surface area contributed by atoms with Crippen molar-refractivity contribution in [3.63, 3.8) is 0 Å². The molecule has 0 atom stereocenters. The van der Waals surface area contributed by atoms with E-state index >= 15 is 0 Å². The molecule has 1 saturated heterocycles. The van der Waals surface area contributed by atoms with Crippen molar-refractivity contribution >= 4 is 0 Å². The Labute approximate surface area is 100 Å². The van der Waals surface area contributed by atoms with Crippen molar-refractivity contribution in [1.29, 1.82) is 0 Å². The second-order valence-electron chi connectivity index (χ2n) is 5.66. The molecule has 0 N–H and O–H groups in total. The van der Waals surface area contributed by atoms with Gasteiger partial charge in [-0.15, -0.1) is 0 Å². The summed E-state index contributed by atoms with van der Waals surface area (Å²) in [4.78, 5) is 4.87. The van der Waals surface area contributed by atoms with Gasteiger partial charge in [-0.3, -0.25) is 0 Å². The summed E-state index contributed by atoms with van der Waals surface area (Å²) < 4.78 is 0. The Balaban J connectivity index is 1.67. The van der Waals surface area contributed by atoms with Gasteiger partial charge in [0.1, 0.15) is 0 Å². The van der Waals surface area contributed by atoms with Crippen molar-refractivity contribution in [2.75, 3.05) is 40.3 Å². The molecule has 0 aromatic carbocycles. The number of hydrogen-bond donors (Lipinski definition) is 0. The van der Waals surface area contributed by atoms with Gasteiger partial charge >= 0.3 is 0 Å². The molecule has 0 radical (unpaired) electrons. The van der Waals surface area contributed by atoms with Crippen LogP contribution in [0.5, 0.6) is 0 Å². The maximum atomic E-state index is 2.46. The van der Waals surface area contributed by atoms with Gasteiger partial charge < -0.3 is 9.80 Å². The highest BCUT2D eigenvalue weighted by atomic mass is 15.1. The van der Waals surface area contributed by atoms with Crippen LogP contribution in [0.15, 0.2) is 11.6 Å². The number of nitrogens with zero attached hydrogens (tertiary/aromatic N) is 2. The molecular formula is C14H26N2. The Hall–Kier alpha value is -0.340. The Morgan fingerprint density at radius 3 is 2.50 bits per heavy atom. The first kappa shape index (κ1) is 12.1. The Bertz CT molecular complexity index is 239. The molecule has 0 saturated carbocycles. The third kappa shape index (κ3) is 3.60. The fourth-order valence-corrected chi connectivity index (χ4v) is 2.78. The van der Waals surface area contributed by atoms with Crippen LogP contribution in [-0.2, 0) is 0 Å². The van der Waals surface area contributed by atoms with Crippen molar-refractivity contribution < 1.29 is 0 Å². The summed E-state index contributed by atoms with van der Waals surface area (Å²) in [5, 5.41) is 0. The summed E-state index contributed by atoms with van der Waals surface area (Å²) in [5.41, 5.74) is 1.72. The lowest BCUT2D eigenvalue weighted by molar-refractivity contribution is 0.212. The quantitative estimate of drug-likeness (QED) is 0.676. The first-order valence-corrected chi connectivity index (χ1v) is 6.79. The Kier molecular flexibility index (Phi) is 4.42. The van der Waals surface area contributed by atoms with Crippen LogP contribution in [0.4, 0.5) is 0 Å². The van der Waals surface area contributed by atoms with Gasteiger partial charge in [-0.1, -0.05) is 11.6 Å². The van der Waals surface area contributed by atoms with Gasteiger partial charge in [-0.05, 0) is 65.2 Å². The summed E-state index contributed by atoms with van der Waals surface area (Å²) in [6, 6.07) is 0. The number of hydrogen-bond acceptors (Lipinski definition) is 2. The molecular weight excluding hydrogens is 196 g/mol. The van der Waals surface area contributed by atoms with Gasteiger partial charge in [0.05, 0.1) is 0 Å². The van der Waals surface area contributed by atoms with Crippen molar-refractivity contribution in [3.8, 4) is 0 Å². The Morgan fingerprint density at radius 2 is 1.88 bits per heavy atom. The smallest absolute Gasteiger partial charge is 0.0162 e. The van der Waals surface area contributed by atoms with E-state index in [0.717, 1.165) is 5.92 Å². The van der Waals surface area contributed by atoms with Gasteiger partial charge in [-0.2, -0.15) is 0 Å². The summed E-state index contributed by atoms with van der Waals surface area (Å²) in [5.74, 6) is 0.997. The van der Waals surface area contributed by atoms with E-state index in [1.807, 2.05) is 0 Å². The predicted molar refractivity (Wildman–Crippen MR) is 69.7 cm³/mol. The molecule has 1 fully saturated rings. The first-order chi connectivity index (χ1) is 7.74. The van der Waals surface area contributed by atoms with E-state index < -0.39 is 0 Å². The van der Waals surface area contributed by atoms with E-state index in [9.17, 15) is 0 Å². The lowest BCUT2D eigenvalue weighted by Gasteiger charge is -2.29. The zero-order chi connectivity index (χ0) is 11.4. The minimum atomic E-state index is 0.997. The maximum absolute atomic E-state index is 2.46. The molecule has 92 valence electrons. The van der Waals surface area contributed by atoms with Gasteiger partial charge in [-0.25, -0.2) is 0 Å². The summed E-state index contributed by atoms with van der Waals surface area (Å²) in [6.07, 6.45) is 9.40. The average molecular weight is 222 g/mol. The molecule has 0 spiro atoms. The minimum absolute atomic E-state index is 0.997. The van der Waals surface area contributed by atoms with Gasteiger partial charge in [0.2, 0.25) is 0 Å². The Morgan fingerprint density at radius 1 is 1.12 bits per heavy atom. The number of piperidine rings is 1. The van der Waals surface area contributed by atoms with E-state index in [2.05, 4.69) is 30.0 Å². The third-order valence-corrected chi connectivity index (χ3v) is 4.22. The van der Waals surface area contributed by atoms with Crippen molar-refractivity contribution in [2.45, 2.75) is 32.1 Å². The molecule has 2 nitrogen and oxygen atoms in total. The van der Waals surface area contributed by atoms with E-state index in [-0.39, 0.29) is 0 Å². The highest BCUT2D eigenvalue weighted by molar-refractivity contribution is 5.07. The van der Waals surface area contributed by atoms with E-state index in [1.165, 1.54) is 58.3 Å². The fourth-order valence-electron chi connectivity index (χ4n) is 2.78. The zero-order valence-electron chi connectivity index (χ0n) is 10.9. The molecule has 2 rings (SSSR count). The lowest BCUT2D eigenvalue weighted by atomic mass is 9.89. The van der Waals surface area contributed by atoms with Crippen molar-refractivity contribution in [3.05, 3.63) is 11.6 Å². The molecule has 0 amide bonds. The monoisotopic (exact) mass is 222 g/mol. The normalized spacial score (nSPS) is 25.8. The van der Waals surface area contributed by atoms with Crippen LogP contribution >= 0.6 is 0 Å². The van der Waals surface area contributed by atoms with E-state index in [1.54, 1.807) is 5.57 Å². The number of rotatable bonds is 3. The van der Waals surface area contributed by atoms with Crippen LogP contribution in [0.2, 0.25) is 0 Å². The zero-order valence-corrected chi connectivity index (χ0v) is 10.9. The molecule has 2 heteroatoms. The van der Waals surface area contributed by atoms with Crippen LogP contribution in [-0.4, -0.2) is 50.1 Å². The van der Waals surface area contributed by atoms with E-state index in [0.29, 0.717) is 0 Å². The molecule has 0 aliphatic carbocycles. The third-order valence-electron chi connectivity index (χ3n) is 4.22. The van der Waals surface area contributed by atoms with Gasteiger partial charge in [0.25, 0.3) is 0 Å². The highest BCUT2D eigenvalue weighted by Gasteiger charge is 2.17. The summed E-state index contributed by atoms with van der Waals surface area (Å²) >= 11 is 0. The van der Waals surface area contributed by atoms with Crippen molar-refractivity contribution in [1.82, 2.24) is 9.80 Å². The van der Waals surface area contributed by atoms with Crippen LogP contribution in [0.25, 0.3) is 0 Å². The average Bonchev–Trinajstić information content (AvgIpc) is 2.30. The largest absolute Gasteiger partial charge is 0.306 e. The van der Waals surface area contributed by atoms with Crippen LogP contribution in [0, 0.1) is 5.92 Å². The number of likely N-dealkylation sites (tertiary alicyclic amines) is 1. The lowest BCUT2D eigenvalue weighted by Crippen LogP contribution is -2.30. The summed E-state index contributed by atoms with van der Waals surface area (Å²) in [6.45, 7) is 5.06. The fraction of sp³-hybridized carbons (Fsp3) is 0.857. The second kappa shape index (κ2) is 5.83. The molecule has 2 aliphatic rings. The predicted octanol–water partition coefficient (Wildman–Crippen LogP) is 2.37. The van der Waals surface area contributed by atoms with Crippen LogP contribution < -0.4 is 0 Å². The molecule has 0 unspecified atom stereocenters. The molecule has 16 heavy (non-hydrogen) atoms. The minimum Gasteiger partial charge on any atom is -0.306 e. The second-order valence-corrected chi connectivity index (χ2v) is 5.66. The van der Waals surface area contributed by atoms with Crippen LogP contribution in [0.1, 0.15) is 32.1 Å². The van der Waals surface area contributed by atoms with Gasteiger partial charge in [0, 0.05) is 13.1 Å². The standard InChI is InChI=1S/C14H26N2/c1-15-9-5-13(6-10-15)3-4-14-7-11-16(2)12-8-14/h5,14H,3-4,6-12H2,1-2H3. The maximum Gasteiger partial charge on any atom is 0.0162 e. The number of likely N-dealkylation sites (N-methyl/N-ethyl adjacent to an activating group) is 1. The summed E-state index contributed by atoms with van der Waals surface area (Å²) in [7, 11) is 4.46. The molecule has 2 aliphatic heterocycles. The molecule has 2 heterocycles. The highest BCUT2D eigenvalue weighted by Crippen LogP contribution is 2.25. The molecule has 0 aromatic rings. The topological polar surface area (TPSA) is 6.48 Å². The first-order valence-electron chi connectivity index (χ1n) is 6.79. The molecule has 0 bridgehead atoms. The van der Waals surface area contributed by atoms with E-state index in [4.69, 9.17) is 0 Å².